The van der Waals surface area contributed by atoms with Gasteiger partial charge in [-0.25, -0.2) is 0 Å². The van der Waals surface area contributed by atoms with Gasteiger partial charge in [-0.05, 0) is 23.3 Å². The minimum Gasteiger partial charge on any atom is -0.481 e. The van der Waals surface area contributed by atoms with E-state index in [-0.39, 0.29) is 30.0 Å². The second-order valence-electron chi connectivity index (χ2n) is 7.15. The fraction of sp³-hybridized carbons (Fsp3) is 0.304. The maximum absolute atomic E-state index is 13.6. The lowest BCUT2D eigenvalue weighted by molar-refractivity contribution is -0.138. The number of halogens is 4. The molecule has 1 aliphatic rings. The Balaban J connectivity index is 0.00000363. The summed E-state index contributed by atoms with van der Waals surface area (Å²) in [6, 6.07) is 12.1. The van der Waals surface area contributed by atoms with Gasteiger partial charge in [0.25, 0.3) is 5.91 Å². The number of amides is 1. The zero-order valence-electron chi connectivity index (χ0n) is 17.1. The van der Waals surface area contributed by atoms with Gasteiger partial charge >= 0.3 is 12.1 Å². The van der Waals surface area contributed by atoms with E-state index in [4.69, 9.17) is 5.11 Å². The summed E-state index contributed by atoms with van der Waals surface area (Å²) < 4.78 is 40.8. The average Bonchev–Trinajstić information content (AvgIpc) is 2.76. The van der Waals surface area contributed by atoms with Crippen LogP contribution >= 0.6 is 12.4 Å². The highest BCUT2D eigenvalue weighted by Gasteiger charge is 2.34. The van der Waals surface area contributed by atoms with Crippen molar-refractivity contribution in [3.05, 3.63) is 59.7 Å². The second kappa shape index (κ2) is 11.0. The Hall–Kier alpha value is -3.02. The van der Waals surface area contributed by atoms with E-state index in [0.717, 1.165) is 6.07 Å². The number of carbonyl (C=O) groups excluding carboxylic acids is 1. The molecule has 2 aromatic rings. The molecule has 0 spiro atoms. The van der Waals surface area contributed by atoms with Crippen molar-refractivity contribution in [2.45, 2.75) is 12.6 Å². The highest BCUT2D eigenvalue weighted by molar-refractivity contribution is 5.94. The zero-order chi connectivity index (χ0) is 22.4. The van der Waals surface area contributed by atoms with Gasteiger partial charge in [0.1, 0.15) is 0 Å². The van der Waals surface area contributed by atoms with Crippen LogP contribution in [0.25, 0.3) is 11.1 Å². The van der Waals surface area contributed by atoms with Gasteiger partial charge in [0, 0.05) is 44.2 Å². The second-order valence-corrected chi connectivity index (χ2v) is 7.15. The molecule has 1 N–H and O–H groups in total. The molecule has 0 unspecified atom stereocenters. The highest BCUT2D eigenvalue weighted by atomic mass is 35.5. The molecule has 0 aromatic heterocycles. The number of carboxylic acids is 1. The minimum atomic E-state index is -4.56. The largest absolute Gasteiger partial charge is 0.481 e. The third kappa shape index (κ3) is 6.74. The van der Waals surface area contributed by atoms with Gasteiger partial charge in [0.15, 0.2) is 0 Å². The number of piperazine rings is 1. The van der Waals surface area contributed by atoms with Crippen molar-refractivity contribution in [1.29, 1.82) is 0 Å². The summed E-state index contributed by atoms with van der Waals surface area (Å²) in [5, 5.41) is 8.73. The monoisotopic (exact) mass is 466 g/mol. The maximum atomic E-state index is 13.6. The Morgan fingerprint density at radius 2 is 1.66 bits per heavy atom. The van der Waals surface area contributed by atoms with E-state index < -0.39 is 23.6 Å². The van der Waals surface area contributed by atoms with Crippen molar-refractivity contribution < 1.29 is 27.9 Å². The van der Waals surface area contributed by atoms with Crippen molar-refractivity contribution >= 4 is 24.3 Å². The molecular formula is C23H22ClF3N2O3. The summed E-state index contributed by atoms with van der Waals surface area (Å²) in [6.07, 6.45) is -4.52. The van der Waals surface area contributed by atoms with Gasteiger partial charge < -0.3 is 10.0 Å². The number of benzene rings is 2. The molecule has 0 atom stereocenters. The van der Waals surface area contributed by atoms with Crippen LogP contribution in [0.4, 0.5) is 13.2 Å². The van der Waals surface area contributed by atoms with Crippen LogP contribution in [0, 0.1) is 11.8 Å². The molecule has 1 amide bonds. The molecule has 0 aliphatic carbocycles. The van der Waals surface area contributed by atoms with E-state index in [9.17, 15) is 22.8 Å². The fourth-order valence-electron chi connectivity index (χ4n) is 3.36. The standard InChI is InChI=1S/C23H21F3N2O3.ClH/c24-23(25,26)20-16-17(6-8-19(20)18-4-2-1-3-5-18)7-9-21(29)28-14-12-27(13-15-28)11-10-22(30)31;/h1-6,8,16H,10-15H2,(H,30,31);1H. The lowest BCUT2D eigenvalue weighted by Crippen LogP contribution is -2.48. The summed E-state index contributed by atoms with van der Waals surface area (Å²) in [4.78, 5) is 26.4. The van der Waals surface area contributed by atoms with E-state index in [2.05, 4.69) is 11.8 Å². The Bertz CT molecular complexity index is 1010. The van der Waals surface area contributed by atoms with Crippen LogP contribution in [0.3, 0.4) is 0 Å². The molecule has 1 saturated heterocycles. The number of hydrogen-bond donors (Lipinski definition) is 1. The van der Waals surface area contributed by atoms with Gasteiger partial charge in [-0.2, -0.15) is 13.2 Å². The van der Waals surface area contributed by atoms with E-state index in [1.165, 1.54) is 17.0 Å². The molecular weight excluding hydrogens is 445 g/mol. The molecule has 1 aliphatic heterocycles. The van der Waals surface area contributed by atoms with Crippen molar-refractivity contribution in [3.8, 4) is 23.0 Å². The number of hydrogen-bond acceptors (Lipinski definition) is 3. The summed E-state index contributed by atoms with van der Waals surface area (Å²) in [5.41, 5.74) is -0.181. The van der Waals surface area contributed by atoms with Crippen LogP contribution in [0.5, 0.6) is 0 Å². The van der Waals surface area contributed by atoms with Crippen LogP contribution in [0.1, 0.15) is 17.5 Å². The Labute approximate surface area is 190 Å². The predicted octanol–water partition coefficient (Wildman–Crippen LogP) is 3.76. The van der Waals surface area contributed by atoms with Crippen LogP contribution < -0.4 is 0 Å². The lowest BCUT2D eigenvalue weighted by Gasteiger charge is -2.33. The molecule has 9 heteroatoms. The number of rotatable bonds is 4. The normalized spacial score (nSPS) is 14.2. The molecule has 170 valence electrons. The molecule has 32 heavy (non-hydrogen) atoms. The third-order valence-electron chi connectivity index (χ3n) is 5.02. The first-order valence-electron chi connectivity index (χ1n) is 9.76. The molecule has 3 rings (SSSR count). The van der Waals surface area contributed by atoms with E-state index in [1.54, 1.807) is 30.3 Å². The lowest BCUT2D eigenvalue weighted by atomic mass is 9.97. The molecule has 5 nitrogen and oxygen atoms in total. The topological polar surface area (TPSA) is 60.9 Å². The van der Waals surface area contributed by atoms with Crippen LogP contribution in [0.2, 0.25) is 0 Å². The summed E-state index contributed by atoms with van der Waals surface area (Å²) in [5.74, 6) is 3.65. The molecule has 0 bridgehead atoms. The smallest absolute Gasteiger partial charge is 0.417 e. The highest BCUT2D eigenvalue weighted by Crippen LogP contribution is 2.37. The number of carbonyl (C=O) groups is 2. The van der Waals surface area contributed by atoms with Crippen LogP contribution in [0.15, 0.2) is 48.5 Å². The Kier molecular flexibility index (Phi) is 8.70. The summed E-state index contributed by atoms with van der Waals surface area (Å²) in [7, 11) is 0. The van der Waals surface area contributed by atoms with Crippen molar-refractivity contribution in [2.75, 3.05) is 32.7 Å². The van der Waals surface area contributed by atoms with Gasteiger partial charge in [0.05, 0.1) is 12.0 Å². The predicted molar refractivity (Wildman–Crippen MR) is 116 cm³/mol. The number of nitrogens with zero attached hydrogens (tertiary/aromatic N) is 2. The fourth-order valence-corrected chi connectivity index (χ4v) is 3.36. The number of carboxylic acid groups (broad SMARTS) is 1. The van der Waals surface area contributed by atoms with Crippen LogP contribution in [-0.4, -0.2) is 59.5 Å². The van der Waals surface area contributed by atoms with E-state index in [1.807, 2.05) is 4.90 Å². The van der Waals surface area contributed by atoms with Crippen LogP contribution in [-0.2, 0) is 15.8 Å². The van der Waals surface area contributed by atoms with E-state index >= 15 is 0 Å². The van der Waals surface area contributed by atoms with Crippen molar-refractivity contribution in [3.63, 3.8) is 0 Å². The summed E-state index contributed by atoms with van der Waals surface area (Å²) in [6.45, 7) is 2.27. The molecule has 2 aromatic carbocycles. The van der Waals surface area contributed by atoms with Crippen molar-refractivity contribution in [2.24, 2.45) is 0 Å². The van der Waals surface area contributed by atoms with Gasteiger partial charge in [-0.1, -0.05) is 42.3 Å². The quantitative estimate of drug-likeness (QED) is 0.697. The molecule has 0 radical (unpaired) electrons. The first-order chi connectivity index (χ1) is 14.7. The van der Waals surface area contributed by atoms with Crippen molar-refractivity contribution in [1.82, 2.24) is 9.80 Å². The first-order valence-corrected chi connectivity index (χ1v) is 9.76. The SMILES string of the molecule is Cl.O=C(O)CCN1CCN(C(=O)C#Cc2ccc(-c3ccccc3)c(C(F)(F)F)c2)CC1. The molecule has 0 saturated carbocycles. The zero-order valence-corrected chi connectivity index (χ0v) is 17.9. The maximum Gasteiger partial charge on any atom is 0.417 e. The average molecular weight is 467 g/mol. The molecule has 1 heterocycles. The first kappa shape index (κ1) is 25.2. The third-order valence-corrected chi connectivity index (χ3v) is 5.02. The summed E-state index contributed by atoms with van der Waals surface area (Å²) >= 11 is 0. The molecule has 1 fully saturated rings. The van der Waals surface area contributed by atoms with E-state index in [0.29, 0.717) is 38.3 Å². The Morgan fingerprint density at radius 1 is 1.00 bits per heavy atom. The van der Waals surface area contributed by atoms with Gasteiger partial charge in [-0.3, -0.25) is 14.5 Å². The van der Waals surface area contributed by atoms with Gasteiger partial charge in [-0.15, -0.1) is 12.4 Å². The Morgan fingerprint density at radius 3 is 2.25 bits per heavy atom. The number of aliphatic carboxylic acids is 1. The van der Waals surface area contributed by atoms with Gasteiger partial charge in [0.2, 0.25) is 0 Å². The number of alkyl halides is 3. The minimum absolute atomic E-state index is 0.